The average molecular weight is 525 g/mol. The summed E-state index contributed by atoms with van der Waals surface area (Å²) in [6.07, 6.45) is -1.62. The monoisotopic (exact) mass is 524 g/mol. The lowest BCUT2D eigenvalue weighted by atomic mass is 9.84. The number of aromatic nitrogens is 1. The van der Waals surface area contributed by atoms with Gasteiger partial charge in [0.05, 0.1) is 19.8 Å². The second kappa shape index (κ2) is 11.6. The molecule has 38 heavy (non-hydrogen) atoms. The van der Waals surface area contributed by atoms with Crippen LogP contribution in [0.1, 0.15) is 47.1 Å². The van der Waals surface area contributed by atoms with E-state index in [4.69, 9.17) is 9.47 Å². The number of benzene rings is 3. The SMILES string of the molecule is CCc1cccc2c([C@@H](CC(=O)NCCc3ccc(OC)c(OC)c3)c3ccccc3C(F)(F)F)c[nH]c12. The molecule has 0 radical (unpaired) electrons. The largest absolute Gasteiger partial charge is 0.493 e. The van der Waals surface area contributed by atoms with Crippen molar-refractivity contribution >= 4 is 16.8 Å². The Balaban J connectivity index is 1.60. The minimum absolute atomic E-state index is 0.0813. The van der Waals surface area contributed by atoms with E-state index in [0.717, 1.165) is 34.5 Å². The molecule has 0 bridgehead atoms. The van der Waals surface area contributed by atoms with E-state index in [-0.39, 0.29) is 17.9 Å². The maximum Gasteiger partial charge on any atom is 0.416 e. The topological polar surface area (TPSA) is 63.4 Å². The third kappa shape index (κ3) is 5.79. The highest BCUT2D eigenvalue weighted by atomic mass is 19.4. The summed E-state index contributed by atoms with van der Waals surface area (Å²) in [7, 11) is 3.11. The van der Waals surface area contributed by atoms with Crippen molar-refractivity contribution in [2.24, 2.45) is 0 Å². The van der Waals surface area contributed by atoms with Crippen molar-refractivity contribution in [1.82, 2.24) is 10.3 Å². The zero-order valence-corrected chi connectivity index (χ0v) is 21.6. The molecule has 1 aromatic heterocycles. The zero-order valence-electron chi connectivity index (χ0n) is 21.6. The molecule has 1 atom stereocenters. The van der Waals surface area contributed by atoms with Gasteiger partial charge in [-0.15, -0.1) is 0 Å². The molecule has 0 fully saturated rings. The third-order valence-corrected chi connectivity index (χ3v) is 6.81. The number of alkyl halides is 3. The lowest BCUT2D eigenvalue weighted by Crippen LogP contribution is -2.28. The Morgan fingerprint density at radius 3 is 2.45 bits per heavy atom. The first-order chi connectivity index (χ1) is 18.3. The molecule has 0 aliphatic carbocycles. The number of hydrogen-bond donors (Lipinski definition) is 2. The second-order valence-corrected chi connectivity index (χ2v) is 9.07. The number of aryl methyl sites for hydroxylation is 1. The summed E-state index contributed by atoms with van der Waals surface area (Å²) >= 11 is 0. The van der Waals surface area contributed by atoms with Gasteiger partial charge in [0.2, 0.25) is 5.91 Å². The second-order valence-electron chi connectivity index (χ2n) is 9.07. The van der Waals surface area contributed by atoms with Gasteiger partial charge in [-0.1, -0.05) is 49.4 Å². The molecule has 0 spiro atoms. The van der Waals surface area contributed by atoms with Crippen LogP contribution in [0.5, 0.6) is 11.5 Å². The number of hydrogen-bond acceptors (Lipinski definition) is 3. The number of H-pyrrole nitrogens is 1. The van der Waals surface area contributed by atoms with Crippen LogP contribution in [0.2, 0.25) is 0 Å². The Bertz CT molecular complexity index is 1410. The van der Waals surface area contributed by atoms with Gasteiger partial charge in [0.1, 0.15) is 0 Å². The Morgan fingerprint density at radius 2 is 1.74 bits per heavy atom. The molecule has 3 aromatic carbocycles. The van der Waals surface area contributed by atoms with E-state index in [9.17, 15) is 18.0 Å². The summed E-state index contributed by atoms with van der Waals surface area (Å²) in [5.74, 6) is 0.0885. The van der Waals surface area contributed by atoms with Gasteiger partial charge in [0.15, 0.2) is 11.5 Å². The number of carbonyl (C=O) groups is 1. The van der Waals surface area contributed by atoms with Crippen LogP contribution in [0.3, 0.4) is 0 Å². The summed E-state index contributed by atoms with van der Waals surface area (Å²) in [4.78, 5) is 16.3. The first-order valence-electron chi connectivity index (χ1n) is 12.5. The number of halogens is 3. The highest BCUT2D eigenvalue weighted by molar-refractivity contribution is 5.88. The van der Waals surface area contributed by atoms with Crippen LogP contribution in [-0.4, -0.2) is 31.7 Å². The molecule has 4 aromatic rings. The molecule has 0 saturated carbocycles. The molecular formula is C30H31F3N2O3. The maximum atomic E-state index is 14.0. The molecule has 200 valence electrons. The van der Waals surface area contributed by atoms with E-state index in [1.807, 2.05) is 37.3 Å². The maximum absolute atomic E-state index is 14.0. The molecule has 0 unspecified atom stereocenters. The van der Waals surface area contributed by atoms with E-state index < -0.39 is 17.7 Å². The van der Waals surface area contributed by atoms with Crippen molar-refractivity contribution < 1.29 is 27.4 Å². The number of methoxy groups -OCH3 is 2. The Morgan fingerprint density at radius 1 is 0.974 bits per heavy atom. The predicted octanol–water partition coefficient (Wildman–Crippen LogP) is 6.65. The van der Waals surface area contributed by atoms with Gasteiger partial charge in [-0.2, -0.15) is 13.2 Å². The number of aromatic amines is 1. The van der Waals surface area contributed by atoms with E-state index in [2.05, 4.69) is 10.3 Å². The molecule has 8 heteroatoms. The summed E-state index contributed by atoms with van der Waals surface area (Å²) in [6.45, 7) is 2.35. The molecule has 5 nitrogen and oxygen atoms in total. The Labute approximate surface area is 220 Å². The summed E-state index contributed by atoms with van der Waals surface area (Å²) < 4.78 is 52.6. The minimum atomic E-state index is -4.54. The molecule has 0 saturated heterocycles. The van der Waals surface area contributed by atoms with Gasteiger partial charge in [0, 0.05) is 36.0 Å². The van der Waals surface area contributed by atoms with E-state index in [1.54, 1.807) is 32.5 Å². The van der Waals surface area contributed by atoms with E-state index >= 15 is 0 Å². The molecule has 0 aliphatic rings. The van der Waals surface area contributed by atoms with Crippen LogP contribution in [0.25, 0.3) is 10.9 Å². The lowest BCUT2D eigenvalue weighted by molar-refractivity contribution is -0.138. The standard InChI is InChI=1S/C30H31F3N2O3/c1-4-20-8-7-10-22-24(18-35-29(20)22)23(21-9-5-6-11-25(21)30(31,32)33)17-28(36)34-15-14-19-12-13-26(37-2)27(16-19)38-3/h5-13,16,18,23,35H,4,14-15,17H2,1-3H3,(H,34,36)/t23-/m0/s1. The summed E-state index contributed by atoms with van der Waals surface area (Å²) in [5.41, 5.74) is 2.90. The van der Waals surface area contributed by atoms with Gasteiger partial charge in [-0.25, -0.2) is 0 Å². The molecule has 1 amide bonds. The number of ether oxygens (including phenoxy) is 2. The highest BCUT2D eigenvalue weighted by Crippen LogP contribution is 2.41. The van der Waals surface area contributed by atoms with Gasteiger partial charge in [0.25, 0.3) is 0 Å². The Hall–Kier alpha value is -3.94. The first-order valence-corrected chi connectivity index (χ1v) is 12.5. The van der Waals surface area contributed by atoms with Crippen molar-refractivity contribution in [3.63, 3.8) is 0 Å². The van der Waals surface area contributed by atoms with Crippen LogP contribution in [0.4, 0.5) is 13.2 Å². The molecule has 2 N–H and O–H groups in total. The van der Waals surface area contributed by atoms with Gasteiger partial charge >= 0.3 is 6.18 Å². The zero-order chi connectivity index (χ0) is 27.3. The van der Waals surface area contributed by atoms with E-state index in [1.165, 1.54) is 12.1 Å². The summed E-state index contributed by atoms with van der Waals surface area (Å²) in [5, 5.41) is 3.71. The van der Waals surface area contributed by atoms with Crippen LogP contribution in [-0.2, 0) is 23.8 Å². The van der Waals surface area contributed by atoms with Crippen molar-refractivity contribution in [2.75, 3.05) is 20.8 Å². The van der Waals surface area contributed by atoms with Crippen LogP contribution in [0.15, 0.2) is 66.9 Å². The third-order valence-electron chi connectivity index (χ3n) is 6.81. The highest BCUT2D eigenvalue weighted by Gasteiger charge is 2.36. The lowest BCUT2D eigenvalue weighted by Gasteiger charge is -2.22. The predicted molar refractivity (Wildman–Crippen MR) is 142 cm³/mol. The fourth-order valence-electron chi connectivity index (χ4n) is 4.91. The molecule has 0 aliphatic heterocycles. The van der Waals surface area contributed by atoms with Gasteiger partial charge < -0.3 is 19.8 Å². The fraction of sp³-hybridized carbons (Fsp3) is 0.300. The number of fused-ring (bicyclic) bond motifs is 1. The van der Waals surface area contributed by atoms with E-state index in [0.29, 0.717) is 30.0 Å². The Kier molecular flexibility index (Phi) is 8.29. The molecule has 1 heterocycles. The number of nitrogens with one attached hydrogen (secondary N) is 2. The number of amides is 1. The number of rotatable bonds is 10. The average Bonchev–Trinajstić information content (AvgIpc) is 3.35. The minimum Gasteiger partial charge on any atom is -0.493 e. The fourth-order valence-corrected chi connectivity index (χ4v) is 4.91. The van der Waals surface area contributed by atoms with Crippen molar-refractivity contribution in [1.29, 1.82) is 0 Å². The quantitative estimate of drug-likeness (QED) is 0.244. The van der Waals surface area contributed by atoms with Crippen molar-refractivity contribution in [3.8, 4) is 11.5 Å². The molecular weight excluding hydrogens is 493 g/mol. The summed E-state index contributed by atoms with van der Waals surface area (Å²) in [6, 6.07) is 16.8. The van der Waals surface area contributed by atoms with Crippen LogP contribution >= 0.6 is 0 Å². The number of carbonyl (C=O) groups excluding carboxylic acids is 1. The number of para-hydroxylation sites is 1. The van der Waals surface area contributed by atoms with Crippen LogP contribution in [0, 0.1) is 0 Å². The van der Waals surface area contributed by atoms with Crippen molar-refractivity contribution in [2.45, 2.75) is 38.3 Å². The van der Waals surface area contributed by atoms with Gasteiger partial charge in [-0.3, -0.25) is 4.79 Å². The molecule has 4 rings (SSSR count). The normalized spacial score (nSPS) is 12.4. The van der Waals surface area contributed by atoms with Gasteiger partial charge in [-0.05, 0) is 53.3 Å². The smallest absolute Gasteiger partial charge is 0.416 e. The van der Waals surface area contributed by atoms with Crippen LogP contribution < -0.4 is 14.8 Å². The first kappa shape index (κ1) is 27.1. The van der Waals surface area contributed by atoms with Crippen molar-refractivity contribution in [3.05, 3.63) is 94.7 Å².